The van der Waals surface area contributed by atoms with E-state index in [9.17, 15) is 4.79 Å². The molecule has 0 saturated heterocycles. The van der Waals surface area contributed by atoms with Crippen LogP contribution in [0.5, 0.6) is 5.75 Å². The second-order valence-electron chi connectivity index (χ2n) is 2.88. The number of hydrogen-bond acceptors (Lipinski definition) is 2. The summed E-state index contributed by atoms with van der Waals surface area (Å²) in [5.41, 5.74) is 0.720. The van der Waals surface area contributed by atoms with Crippen LogP contribution in [0.1, 0.15) is 13.8 Å². The molecule has 1 N–H and O–H groups in total. The third kappa shape index (κ3) is 3.50. The average Bonchev–Trinajstić information content (AvgIpc) is 2.13. The minimum Gasteiger partial charge on any atom is -0.493 e. The summed E-state index contributed by atoms with van der Waals surface area (Å²) in [5.74, 6) is 0.644. The molecule has 0 aliphatic heterocycles. The zero-order valence-corrected chi connectivity index (χ0v) is 11.6. The molecule has 1 rings (SSSR count). The van der Waals surface area contributed by atoms with Gasteiger partial charge in [0.15, 0.2) is 0 Å². The van der Waals surface area contributed by atoms with Crippen molar-refractivity contribution in [3.05, 3.63) is 21.1 Å². The van der Waals surface area contributed by atoms with Gasteiger partial charge in [0.2, 0.25) is 5.91 Å². The smallest absolute Gasteiger partial charge is 0.221 e. The second-order valence-corrected chi connectivity index (χ2v) is 4.59. The van der Waals surface area contributed by atoms with Crippen LogP contribution in [0, 0.1) is 0 Å². The van der Waals surface area contributed by atoms with Crippen molar-refractivity contribution in [2.24, 2.45) is 0 Å². The number of anilines is 1. The molecule has 82 valence electrons. The zero-order valence-electron chi connectivity index (χ0n) is 8.43. The van der Waals surface area contributed by atoms with E-state index in [0.717, 1.165) is 20.4 Å². The lowest BCUT2D eigenvalue weighted by Gasteiger charge is -2.10. The summed E-state index contributed by atoms with van der Waals surface area (Å²) in [6.45, 7) is 3.99. The number of rotatable bonds is 3. The van der Waals surface area contributed by atoms with Crippen LogP contribution < -0.4 is 10.1 Å². The van der Waals surface area contributed by atoms with Crippen molar-refractivity contribution in [1.82, 2.24) is 0 Å². The number of ether oxygens (including phenoxy) is 1. The predicted molar refractivity (Wildman–Crippen MR) is 67.3 cm³/mol. The van der Waals surface area contributed by atoms with Crippen molar-refractivity contribution < 1.29 is 9.53 Å². The lowest BCUT2D eigenvalue weighted by atomic mass is 10.3. The normalized spacial score (nSPS) is 9.87. The molecule has 0 atom stereocenters. The number of benzene rings is 1. The maximum atomic E-state index is 10.9. The Balaban J connectivity index is 3.02. The van der Waals surface area contributed by atoms with E-state index >= 15 is 0 Å². The third-order valence-electron chi connectivity index (χ3n) is 1.63. The van der Waals surface area contributed by atoms with Crippen LogP contribution >= 0.6 is 31.9 Å². The van der Waals surface area contributed by atoms with Gasteiger partial charge < -0.3 is 10.1 Å². The fourth-order valence-corrected chi connectivity index (χ4v) is 1.96. The monoisotopic (exact) mass is 335 g/mol. The Morgan fingerprint density at radius 2 is 2.07 bits per heavy atom. The molecule has 0 fully saturated rings. The Hall–Kier alpha value is -0.550. The molecule has 0 unspecified atom stereocenters. The second kappa shape index (κ2) is 5.51. The number of halogens is 2. The SMILES string of the molecule is CCOc1cc(Br)c(NC(C)=O)cc1Br. The molecule has 15 heavy (non-hydrogen) atoms. The molecule has 1 aromatic rings. The molecule has 5 heteroatoms. The van der Waals surface area contributed by atoms with E-state index in [1.165, 1.54) is 6.92 Å². The van der Waals surface area contributed by atoms with Gasteiger partial charge in [-0.2, -0.15) is 0 Å². The number of carbonyl (C=O) groups excluding carboxylic acids is 1. The van der Waals surface area contributed by atoms with Gasteiger partial charge in [-0.15, -0.1) is 0 Å². The number of hydrogen-bond donors (Lipinski definition) is 1. The van der Waals surface area contributed by atoms with Crippen molar-refractivity contribution in [3.63, 3.8) is 0 Å². The quantitative estimate of drug-likeness (QED) is 0.916. The largest absolute Gasteiger partial charge is 0.493 e. The Kier molecular flexibility index (Phi) is 4.60. The van der Waals surface area contributed by atoms with E-state index in [4.69, 9.17) is 4.74 Å². The van der Waals surface area contributed by atoms with Gasteiger partial charge in [0.05, 0.1) is 16.8 Å². The molecular weight excluding hydrogens is 326 g/mol. The minimum atomic E-state index is -0.105. The first-order valence-corrected chi connectivity index (χ1v) is 6.02. The molecule has 0 aliphatic rings. The molecule has 0 aromatic heterocycles. The Labute approximate surface area is 105 Å². The molecule has 3 nitrogen and oxygen atoms in total. The molecular formula is C10H11Br2NO2. The van der Waals surface area contributed by atoms with Crippen LogP contribution in [0.4, 0.5) is 5.69 Å². The Morgan fingerprint density at radius 1 is 1.40 bits per heavy atom. The Morgan fingerprint density at radius 3 is 2.60 bits per heavy atom. The lowest BCUT2D eigenvalue weighted by Crippen LogP contribution is -2.06. The fraction of sp³-hybridized carbons (Fsp3) is 0.300. The summed E-state index contributed by atoms with van der Waals surface area (Å²) < 4.78 is 7.00. The maximum Gasteiger partial charge on any atom is 0.221 e. The summed E-state index contributed by atoms with van der Waals surface area (Å²) in [6.07, 6.45) is 0. The van der Waals surface area contributed by atoms with Crippen LogP contribution in [-0.2, 0) is 4.79 Å². The van der Waals surface area contributed by atoms with Gasteiger partial charge in [0.1, 0.15) is 5.75 Å². The van der Waals surface area contributed by atoms with Gasteiger partial charge in [0, 0.05) is 11.4 Å². The van der Waals surface area contributed by atoms with E-state index in [0.29, 0.717) is 6.61 Å². The van der Waals surface area contributed by atoms with Crippen molar-refractivity contribution in [1.29, 1.82) is 0 Å². The van der Waals surface area contributed by atoms with Crippen LogP contribution in [0.3, 0.4) is 0 Å². The first-order valence-electron chi connectivity index (χ1n) is 4.44. The van der Waals surface area contributed by atoms with Gasteiger partial charge in [-0.1, -0.05) is 0 Å². The van der Waals surface area contributed by atoms with Crippen LogP contribution in [0.2, 0.25) is 0 Å². The van der Waals surface area contributed by atoms with E-state index in [1.807, 2.05) is 13.0 Å². The molecule has 0 bridgehead atoms. The van der Waals surface area contributed by atoms with Crippen LogP contribution in [-0.4, -0.2) is 12.5 Å². The summed E-state index contributed by atoms with van der Waals surface area (Å²) in [4.78, 5) is 10.9. The van der Waals surface area contributed by atoms with Crippen molar-refractivity contribution in [3.8, 4) is 5.75 Å². The van der Waals surface area contributed by atoms with Gasteiger partial charge >= 0.3 is 0 Å². The molecule has 0 radical (unpaired) electrons. The van der Waals surface area contributed by atoms with Crippen LogP contribution in [0.15, 0.2) is 21.1 Å². The predicted octanol–water partition coefficient (Wildman–Crippen LogP) is 3.57. The zero-order chi connectivity index (χ0) is 11.4. The third-order valence-corrected chi connectivity index (χ3v) is 2.91. The molecule has 0 aliphatic carbocycles. The number of carbonyl (C=O) groups is 1. The highest BCUT2D eigenvalue weighted by Gasteiger charge is 2.08. The van der Waals surface area contributed by atoms with Gasteiger partial charge in [0.25, 0.3) is 0 Å². The topological polar surface area (TPSA) is 38.3 Å². The highest BCUT2D eigenvalue weighted by Crippen LogP contribution is 2.34. The van der Waals surface area contributed by atoms with Crippen LogP contribution in [0.25, 0.3) is 0 Å². The standard InChI is InChI=1S/C10H11Br2NO2/c1-3-15-10-5-7(11)9(4-8(10)12)13-6(2)14/h4-5H,3H2,1-2H3,(H,13,14). The molecule has 0 spiro atoms. The Bertz CT molecular complexity index is 380. The summed E-state index contributed by atoms with van der Waals surface area (Å²) in [6, 6.07) is 3.62. The molecule has 0 heterocycles. The van der Waals surface area contributed by atoms with Gasteiger partial charge in [-0.25, -0.2) is 0 Å². The lowest BCUT2D eigenvalue weighted by molar-refractivity contribution is -0.114. The average molecular weight is 337 g/mol. The van der Waals surface area contributed by atoms with Crippen molar-refractivity contribution in [2.75, 3.05) is 11.9 Å². The number of amides is 1. The minimum absolute atomic E-state index is 0.105. The van der Waals surface area contributed by atoms with Gasteiger partial charge in [-0.3, -0.25) is 4.79 Å². The van der Waals surface area contributed by atoms with E-state index in [2.05, 4.69) is 37.2 Å². The molecule has 0 saturated carbocycles. The van der Waals surface area contributed by atoms with E-state index in [-0.39, 0.29) is 5.91 Å². The first-order chi connectivity index (χ1) is 7.04. The molecule has 1 aromatic carbocycles. The fourth-order valence-electron chi connectivity index (χ4n) is 1.08. The maximum absolute atomic E-state index is 10.9. The first kappa shape index (κ1) is 12.5. The highest BCUT2D eigenvalue weighted by molar-refractivity contribution is 9.11. The van der Waals surface area contributed by atoms with Crippen molar-refractivity contribution in [2.45, 2.75) is 13.8 Å². The highest BCUT2D eigenvalue weighted by atomic mass is 79.9. The van der Waals surface area contributed by atoms with E-state index in [1.54, 1.807) is 6.07 Å². The van der Waals surface area contributed by atoms with E-state index < -0.39 is 0 Å². The summed E-state index contributed by atoms with van der Waals surface area (Å²) in [5, 5.41) is 2.71. The summed E-state index contributed by atoms with van der Waals surface area (Å²) >= 11 is 6.74. The van der Waals surface area contributed by atoms with Gasteiger partial charge in [-0.05, 0) is 50.9 Å². The van der Waals surface area contributed by atoms with Crippen molar-refractivity contribution >= 4 is 43.5 Å². The summed E-state index contributed by atoms with van der Waals surface area (Å²) in [7, 11) is 0. The number of nitrogens with one attached hydrogen (secondary N) is 1. The molecule has 1 amide bonds.